The van der Waals surface area contributed by atoms with Gasteiger partial charge >= 0.3 is 0 Å². The highest BCUT2D eigenvalue weighted by atomic mass is 16.5. The van der Waals surface area contributed by atoms with Gasteiger partial charge in [-0.25, -0.2) is 4.68 Å². The number of ether oxygens (including phenoxy) is 2. The average molecular weight is 295 g/mol. The predicted octanol–water partition coefficient (Wildman–Crippen LogP) is 3.26. The van der Waals surface area contributed by atoms with Crippen LogP contribution in [0.3, 0.4) is 0 Å². The number of nitrogens with zero attached hydrogens (tertiary/aromatic N) is 3. The topological polar surface area (TPSA) is 49.2 Å². The van der Waals surface area contributed by atoms with Gasteiger partial charge < -0.3 is 9.47 Å². The lowest BCUT2D eigenvalue weighted by molar-refractivity contribution is 0.400. The van der Waals surface area contributed by atoms with E-state index in [1.54, 1.807) is 18.9 Å². The SMILES string of the molecule is COc1ccc(OC)c(-n2cc(-c3ccccc3C)nn2)c1. The summed E-state index contributed by atoms with van der Waals surface area (Å²) >= 11 is 0. The van der Waals surface area contributed by atoms with E-state index >= 15 is 0 Å². The smallest absolute Gasteiger partial charge is 0.144 e. The van der Waals surface area contributed by atoms with Crippen molar-refractivity contribution in [2.24, 2.45) is 0 Å². The number of methoxy groups -OCH3 is 2. The zero-order valence-electron chi connectivity index (χ0n) is 12.8. The molecule has 0 amide bonds. The fourth-order valence-corrected chi connectivity index (χ4v) is 2.34. The molecular weight excluding hydrogens is 278 g/mol. The van der Waals surface area contributed by atoms with Crippen molar-refractivity contribution in [3.8, 4) is 28.4 Å². The fraction of sp³-hybridized carbons (Fsp3) is 0.176. The average Bonchev–Trinajstić information content (AvgIpc) is 3.04. The van der Waals surface area contributed by atoms with Crippen molar-refractivity contribution in [1.82, 2.24) is 15.0 Å². The molecule has 5 nitrogen and oxygen atoms in total. The van der Waals surface area contributed by atoms with Gasteiger partial charge in [-0.1, -0.05) is 29.5 Å². The van der Waals surface area contributed by atoms with Gasteiger partial charge in [-0.2, -0.15) is 0 Å². The van der Waals surface area contributed by atoms with Crippen LogP contribution in [-0.2, 0) is 0 Å². The molecule has 0 saturated carbocycles. The molecule has 1 heterocycles. The van der Waals surface area contributed by atoms with E-state index in [0.717, 1.165) is 28.3 Å². The van der Waals surface area contributed by atoms with Crippen molar-refractivity contribution >= 4 is 0 Å². The fourth-order valence-electron chi connectivity index (χ4n) is 2.34. The summed E-state index contributed by atoms with van der Waals surface area (Å²) in [6, 6.07) is 13.7. The summed E-state index contributed by atoms with van der Waals surface area (Å²) in [4.78, 5) is 0. The Labute approximate surface area is 129 Å². The molecule has 0 aliphatic carbocycles. The Hall–Kier alpha value is -2.82. The maximum atomic E-state index is 5.39. The lowest BCUT2D eigenvalue weighted by Crippen LogP contribution is -1.99. The molecule has 0 unspecified atom stereocenters. The Kier molecular flexibility index (Phi) is 3.78. The number of benzene rings is 2. The summed E-state index contributed by atoms with van der Waals surface area (Å²) < 4.78 is 12.4. The molecule has 22 heavy (non-hydrogen) atoms. The summed E-state index contributed by atoms with van der Waals surface area (Å²) in [6.45, 7) is 2.06. The van der Waals surface area contributed by atoms with Gasteiger partial charge in [-0.3, -0.25) is 0 Å². The van der Waals surface area contributed by atoms with Crippen LogP contribution < -0.4 is 9.47 Å². The van der Waals surface area contributed by atoms with E-state index in [1.807, 2.05) is 42.6 Å². The van der Waals surface area contributed by atoms with Gasteiger partial charge in [0.05, 0.1) is 20.4 Å². The minimum atomic E-state index is 0.710. The van der Waals surface area contributed by atoms with Gasteiger partial charge in [0.15, 0.2) is 0 Å². The van der Waals surface area contributed by atoms with Gasteiger partial charge in [-0.05, 0) is 24.6 Å². The Morgan fingerprint density at radius 3 is 2.55 bits per heavy atom. The van der Waals surface area contributed by atoms with Crippen LogP contribution in [0.25, 0.3) is 16.9 Å². The molecule has 0 atom stereocenters. The summed E-state index contributed by atoms with van der Waals surface area (Å²) in [7, 11) is 3.26. The standard InChI is InChI=1S/C17H17N3O2/c1-12-6-4-5-7-14(12)15-11-20(19-18-15)16-10-13(21-2)8-9-17(16)22-3/h4-11H,1-3H3. The number of aryl methyl sites for hydroxylation is 1. The molecule has 0 bridgehead atoms. The van der Waals surface area contributed by atoms with Crippen LogP contribution in [0.4, 0.5) is 0 Å². The van der Waals surface area contributed by atoms with E-state index in [4.69, 9.17) is 9.47 Å². The van der Waals surface area contributed by atoms with E-state index in [0.29, 0.717) is 5.75 Å². The molecular formula is C17H17N3O2. The first kappa shape index (κ1) is 14.1. The van der Waals surface area contributed by atoms with E-state index in [1.165, 1.54) is 0 Å². The zero-order chi connectivity index (χ0) is 15.5. The molecule has 112 valence electrons. The molecule has 1 aromatic heterocycles. The number of hydrogen-bond donors (Lipinski definition) is 0. The van der Waals surface area contributed by atoms with Gasteiger partial charge in [0.25, 0.3) is 0 Å². The Bertz CT molecular complexity index is 796. The van der Waals surface area contributed by atoms with E-state index < -0.39 is 0 Å². The van der Waals surface area contributed by atoms with E-state index in [-0.39, 0.29) is 0 Å². The first-order chi connectivity index (χ1) is 10.7. The van der Waals surface area contributed by atoms with Crippen LogP contribution in [0.1, 0.15) is 5.56 Å². The van der Waals surface area contributed by atoms with Crippen LogP contribution in [0, 0.1) is 6.92 Å². The zero-order valence-corrected chi connectivity index (χ0v) is 12.8. The van der Waals surface area contributed by atoms with Gasteiger partial charge in [0, 0.05) is 11.6 Å². The highest BCUT2D eigenvalue weighted by Gasteiger charge is 2.12. The third-order valence-electron chi connectivity index (χ3n) is 3.55. The van der Waals surface area contributed by atoms with Crippen molar-refractivity contribution in [2.45, 2.75) is 6.92 Å². The van der Waals surface area contributed by atoms with Crippen molar-refractivity contribution < 1.29 is 9.47 Å². The molecule has 0 aliphatic heterocycles. The second kappa shape index (κ2) is 5.89. The molecule has 0 saturated heterocycles. The molecule has 0 N–H and O–H groups in total. The highest BCUT2D eigenvalue weighted by molar-refractivity contribution is 5.63. The third-order valence-corrected chi connectivity index (χ3v) is 3.55. The van der Waals surface area contributed by atoms with Gasteiger partial charge in [0.2, 0.25) is 0 Å². The second-order valence-electron chi connectivity index (χ2n) is 4.90. The first-order valence-corrected chi connectivity index (χ1v) is 6.93. The molecule has 3 aromatic rings. The first-order valence-electron chi connectivity index (χ1n) is 6.93. The predicted molar refractivity (Wildman–Crippen MR) is 84.6 cm³/mol. The van der Waals surface area contributed by atoms with E-state index in [2.05, 4.69) is 23.3 Å². The monoisotopic (exact) mass is 295 g/mol. The third kappa shape index (κ3) is 2.53. The van der Waals surface area contributed by atoms with Crippen LogP contribution in [0.2, 0.25) is 0 Å². The van der Waals surface area contributed by atoms with Crippen molar-refractivity contribution in [3.63, 3.8) is 0 Å². The number of hydrogen-bond acceptors (Lipinski definition) is 4. The molecule has 0 aliphatic rings. The van der Waals surface area contributed by atoms with Crippen LogP contribution in [0.15, 0.2) is 48.7 Å². The normalized spacial score (nSPS) is 10.5. The van der Waals surface area contributed by atoms with Crippen LogP contribution in [0.5, 0.6) is 11.5 Å². The number of aromatic nitrogens is 3. The summed E-state index contributed by atoms with van der Waals surface area (Å²) in [5, 5.41) is 8.49. The lowest BCUT2D eigenvalue weighted by Gasteiger charge is -2.09. The summed E-state index contributed by atoms with van der Waals surface area (Å²) in [6.07, 6.45) is 1.89. The highest BCUT2D eigenvalue weighted by Crippen LogP contribution is 2.28. The van der Waals surface area contributed by atoms with Crippen LogP contribution in [-0.4, -0.2) is 29.2 Å². The quantitative estimate of drug-likeness (QED) is 0.741. The summed E-state index contributed by atoms with van der Waals surface area (Å²) in [5.74, 6) is 1.45. The maximum absolute atomic E-state index is 5.39. The van der Waals surface area contributed by atoms with Crippen molar-refractivity contribution in [2.75, 3.05) is 14.2 Å². The molecule has 0 radical (unpaired) electrons. The van der Waals surface area contributed by atoms with Gasteiger partial charge in [0.1, 0.15) is 22.9 Å². The Morgan fingerprint density at radius 2 is 1.82 bits per heavy atom. The van der Waals surface area contributed by atoms with Gasteiger partial charge in [-0.15, -0.1) is 5.10 Å². The molecule has 5 heteroatoms. The minimum Gasteiger partial charge on any atom is -0.497 e. The second-order valence-corrected chi connectivity index (χ2v) is 4.90. The summed E-state index contributed by atoms with van der Waals surface area (Å²) in [5.41, 5.74) is 3.83. The van der Waals surface area contributed by atoms with E-state index in [9.17, 15) is 0 Å². The van der Waals surface area contributed by atoms with Crippen LogP contribution >= 0.6 is 0 Å². The molecule has 2 aromatic carbocycles. The minimum absolute atomic E-state index is 0.710. The largest absolute Gasteiger partial charge is 0.497 e. The lowest BCUT2D eigenvalue weighted by atomic mass is 10.1. The molecule has 0 spiro atoms. The maximum Gasteiger partial charge on any atom is 0.144 e. The van der Waals surface area contributed by atoms with Crippen molar-refractivity contribution in [3.05, 3.63) is 54.2 Å². The van der Waals surface area contributed by atoms with Crippen molar-refractivity contribution in [1.29, 1.82) is 0 Å². The molecule has 3 rings (SSSR count). The number of rotatable bonds is 4. The Morgan fingerprint density at radius 1 is 1.00 bits per heavy atom. The Balaban J connectivity index is 2.06. The molecule has 0 fully saturated rings.